The maximum Gasteiger partial charge on any atom is 0.240 e. The van der Waals surface area contributed by atoms with Gasteiger partial charge in [0.1, 0.15) is 0 Å². The van der Waals surface area contributed by atoms with E-state index in [1.165, 1.54) is 11.8 Å². The zero-order valence-corrected chi connectivity index (χ0v) is 19.5. The summed E-state index contributed by atoms with van der Waals surface area (Å²) in [6, 6.07) is 16.7. The first-order chi connectivity index (χ1) is 15.0. The van der Waals surface area contributed by atoms with Crippen LogP contribution in [0.25, 0.3) is 11.4 Å². The van der Waals surface area contributed by atoms with E-state index >= 15 is 0 Å². The Balaban J connectivity index is 1.85. The largest absolute Gasteiger partial charge is 0.310 e. The molecular weight excluding hydrogens is 453 g/mol. The number of carbonyl (C=O) groups excluding carboxylic acids is 1. The van der Waals surface area contributed by atoms with Crippen LogP contribution < -0.4 is 4.90 Å². The van der Waals surface area contributed by atoms with E-state index in [4.69, 9.17) is 28.5 Å². The number of hydrogen-bond acceptors (Lipinski definition) is 5. The summed E-state index contributed by atoms with van der Waals surface area (Å²) in [5.41, 5.74) is 1.49. The van der Waals surface area contributed by atoms with Gasteiger partial charge in [-0.25, -0.2) is 0 Å². The van der Waals surface area contributed by atoms with Crippen molar-refractivity contribution < 1.29 is 4.79 Å². The van der Waals surface area contributed by atoms with Gasteiger partial charge in [0.15, 0.2) is 11.0 Å². The summed E-state index contributed by atoms with van der Waals surface area (Å²) in [4.78, 5) is 14.9. The van der Waals surface area contributed by atoms with E-state index in [-0.39, 0.29) is 12.3 Å². The number of nitrogens with zero attached hydrogens (tertiary/aromatic N) is 5. The molecule has 0 spiro atoms. The molecule has 0 aliphatic rings. The standard InChI is InChI=1S/C22H21Cl2N5OS/c1-3-28-20(18-11-10-16(23)14-19(18)24)26-27-22(28)31-15(2)21(30)29(13-7-12-25)17-8-5-4-6-9-17/h4-6,8-11,14-15H,3,7,13H2,1-2H3/t15-/m0/s1. The maximum absolute atomic E-state index is 13.2. The van der Waals surface area contributed by atoms with Crippen molar-refractivity contribution in [1.82, 2.24) is 14.8 Å². The summed E-state index contributed by atoms with van der Waals surface area (Å²) < 4.78 is 1.92. The van der Waals surface area contributed by atoms with Gasteiger partial charge in [0, 0.05) is 29.4 Å². The number of nitriles is 1. The molecule has 1 amide bonds. The van der Waals surface area contributed by atoms with Gasteiger partial charge in [-0.2, -0.15) is 5.26 Å². The topological polar surface area (TPSA) is 74.8 Å². The van der Waals surface area contributed by atoms with Gasteiger partial charge in [-0.15, -0.1) is 10.2 Å². The van der Waals surface area contributed by atoms with Crippen LogP contribution in [-0.4, -0.2) is 32.5 Å². The molecule has 0 radical (unpaired) electrons. The van der Waals surface area contributed by atoms with Gasteiger partial charge in [-0.05, 0) is 44.2 Å². The Bertz CT molecular complexity index is 1100. The molecule has 0 N–H and O–H groups in total. The highest BCUT2D eigenvalue weighted by molar-refractivity contribution is 8.00. The normalized spacial score (nSPS) is 11.7. The Morgan fingerprint density at radius 2 is 1.97 bits per heavy atom. The van der Waals surface area contributed by atoms with Gasteiger partial charge in [0.2, 0.25) is 5.91 Å². The van der Waals surface area contributed by atoms with Gasteiger partial charge in [0.05, 0.1) is 22.8 Å². The van der Waals surface area contributed by atoms with E-state index in [0.29, 0.717) is 34.1 Å². The lowest BCUT2D eigenvalue weighted by Gasteiger charge is -2.24. The van der Waals surface area contributed by atoms with Crippen LogP contribution in [0.5, 0.6) is 0 Å². The summed E-state index contributed by atoms with van der Waals surface area (Å²) in [6.45, 7) is 4.76. The summed E-state index contributed by atoms with van der Waals surface area (Å²) >= 11 is 13.7. The number of halogens is 2. The van der Waals surface area contributed by atoms with Crippen LogP contribution in [0, 0.1) is 11.3 Å². The highest BCUT2D eigenvalue weighted by Crippen LogP contribution is 2.33. The van der Waals surface area contributed by atoms with E-state index in [9.17, 15) is 4.79 Å². The van der Waals surface area contributed by atoms with E-state index in [1.807, 2.05) is 54.8 Å². The van der Waals surface area contributed by atoms with Crippen molar-refractivity contribution in [3.05, 3.63) is 58.6 Å². The zero-order valence-electron chi connectivity index (χ0n) is 17.1. The smallest absolute Gasteiger partial charge is 0.240 e. The van der Waals surface area contributed by atoms with Gasteiger partial charge >= 0.3 is 0 Å². The third-order valence-corrected chi connectivity index (χ3v) is 6.23. The molecule has 6 nitrogen and oxygen atoms in total. The van der Waals surface area contributed by atoms with Crippen LogP contribution in [0.1, 0.15) is 20.3 Å². The quantitative estimate of drug-likeness (QED) is 0.392. The fraction of sp³-hybridized carbons (Fsp3) is 0.273. The van der Waals surface area contributed by atoms with Crippen molar-refractivity contribution in [2.75, 3.05) is 11.4 Å². The van der Waals surface area contributed by atoms with Crippen molar-refractivity contribution in [2.45, 2.75) is 37.2 Å². The minimum atomic E-state index is -0.429. The van der Waals surface area contributed by atoms with Crippen LogP contribution in [0.2, 0.25) is 10.0 Å². The molecule has 2 aromatic carbocycles. The van der Waals surface area contributed by atoms with Crippen LogP contribution >= 0.6 is 35.0 Å². The molecule has 31 heavy (non-hydrogen) atoms. The molecule has 0 aliphatic heterocycles. The van der Waals surface area contributed by atoms with Crippen molar-refractivity contribution in [1.29, 1.82) is 5.26 Å². The summed E-state index contributed by atoms with van der Waals surface area (Å²) in [6.07, 6.45) is 0.252. The van der Waals surface area contributed by atoms with Crippen LogP contribution in [0.4, 0.5) is 5.69 Å². The molecule has 9 heteroatoms. The molecule has 1 aromatic heterocycles. The van der Waals surface area contributed by atoms with Gasteiger partial charge in [-0.1, -0.05) is 53.2 Å². The number of carbonyl (C=O) groups is 1. The average Bonchev–Trinajstić information content (AvgIpc) is 3.16. The number of para-hydroxylation sites is 1. The third kappa shape index (κ3) is 5.40. The molecule has 3 rings (SSSR count). The van der Waals surface area contributed by atoms with Crippen LogP contribution in [0.15, 0.2) is 53.7 Å². The van der Waals surface area contributed by atoms with Crippen molar-refractivity contribution in [3.8, 4) is 17.5 Å². The Morgan fingerprint density at radius 3 is 2.61 bits per heavy atom. The lowest BCUT2D eigenvalue weighted by Crippen LogP contribution is -2.37. The SMILES string of the molecule is CCn1c(S[C@@H](C)C(=O)N(CCC#N)c2ccccc2)nnc1-c1ccc(Cl)cc1Cl. The van der Waals surface area contributed by atoms with E-state index in [2.05, 4.69) is 16.3 Å². The number of hydrogen-bond donors (Lipinski definition) is 0. The molecule has 0 aliphatic carbocycles. The first-order valence-corrected chi connectivity index (χ1v) is 11.4. The van der Waals surface area contributed by atoms with Crippen molar-refractivity contribution in [3.63, 3.8) is 0 Å². The van der Waals surface area contributed by atoms with E-state index < -0.39 is 5.25 Å². The first kappa shape index (κ1) is 23.1. The molecule has 0 saturated carbocycles. The Labute approximate surface area is 195 Å². The predicted octanol–water partition coefficient (Wildman–Crippen LogP) is 5.70. The lowest BCUT2D eigenvalue weighted by molar-refractivity contribution is -0.117. The fourth-order valence-electron chi connectivity index (χ4n) is 3.10. The first-order valence-electron chi connectivity index (χ1n) is 9.75. The molecule has 1 atom stereocenters. The van der Waals surface area contributed by atoms with Gasteiger partial charge in [-0.3, -0.25) is 4.79 Å². The Hall–Kier alpha value is -2.53. The summed E-state index contributed by atoms with van der Waals surface area (Å²) in [7, 11) is 0. The molecule has 0 saturated heterocycles. The number of rotatable bonds is 8. The summed E-state index contributed by atoms with van der Waals surface area (Å²) in [5, 5.41) is 18.8. The predicted molar refractivity (Wildman–Crippen MR) is 125 cm³/mol. The molecule has 0 fully saturated rings. The molecule has 1 heterocycles. The van der Waals surface area contributed by atoms with Crippen molar-refractivity contribution in [2.24, 2.45) is 0 Å². The van der Waals surface area contributed by atoms with Crippen LogP contribution in [0.3, 0.4) is 0 Å². The lowest BCUT2D eigenvalue weighted by atomic mass is 10.2. The monoisotopic (exact) mass is 473 g/mol. The molecule has 0 unspecified atom stereocenters. The minimum Gasteiger partial charge on any atom is -0.310 e. The second-order valence-electron chi connectivity index (χ2n) is 6.67. The number of aromatic nitrogens is 3. The van der Waals surface area contributed by atoms with E-state index in [1.54, 1.807) is 17.0 Å². The van der Waals surface area contributed by atoms with Gasteiger partial charge in [0.25, 0.3) is 0 Å². The maximum atomic E-state index is 13.2. The average molecular weight is 474 g/mol. The highest BCUT2D eigenvalue weighted by Gasteiger charge is 2.25. The van der Waals surface area contributed by atoms with Gasteiger partial charge < -0.3 is 9.47 Å². The highest BCUT2D eigenvalue weighted by atomic mass is 35.5. The van der Waals surface area contributed by atoms with Crippen molar-refractivity contribution >= 4 is 46.6 Å². The Morgan fingerprint density at radius 1 is 1.23 bits per heavy atom. The fourth-order valence-corrected chi connectivity index (χ4v) is 4.56. The molecular formula is C22H21Cl2N5OS. The second-order valence-corrected chi connectivity index (χ2v) is 8.82. The third-order valence-electron chi connectivity index (χ3n) is 4.62. The molecule has 0 bridgehead atoms. The number of anilines is 1. The molecule has 160 valence electrons. The number of thioether (sulfide) groups is 1. The van der Waals surface area contributed by atoms with E-state index in [0.717, 1.165) is 11.3 Å². The Kier molecular flexibility index (Phi) is 7.97. The number of amides is 1. The van der Waals surface area contributed by atoms with Crippen LogP contribution in [-0.2, 0) is 11.3 Å². The minimum absolute atomic E-state index is 0.0943. The zero-order chi connectivity index (χ0) is 22.4. The summed E-state index contributed by atoms with van der Waals surface area (Å²) in [5.74, 6) is 0.527. The second kappa shape index (κ2) is 10.7. The number of benzene rings is 2. The molecule has 3 aromatic rings.